The molecule has 1 N–H and O–H groups in total. The molecule has 0 saturated carbocycles. The van der Waals surface area contributed by atoms with Crippen LogP contribution < -0.4 is 10.4 Å². The van der Waals surface area contributed by atoms with Gasteiger partial charge in [0, 0.05) is 29.6 Å². The number of anilines is 2. The summed E-state index contributed by atoms with van der Waals surface area (Å²) >= 11 is 1.67. The van der Waals surface area contributed by atoms with Crippen molar-refractivity contribution in [1.82, 2.24) is 10.4 Å². The summed E-state index contributed by atoms with van der Waals surface area (Å²) < 4.78 is 0. The van der Waals surface area contributed by atoms with Crippen LogP contribution in [0.3, 0.4) is 0 Å². The summed E-state index contributed by atoms with van der Waals surface area (Å²) in [6.45, 7) is 1.51. The van der Waals surface area contributed by atoms with Crippen molar-refractivity contribution in [2.75, 3.05) is 11.3 Å². The predicted molar refractivity (Wildman–Crippen MR) is 95.9 cm³/mol. The molecule has 116 valence electrons. The molecule has 0 fully saturated rings. The molecule has 0 bridgehead atoms. The molecule has 0 aliphatic heterocycles. The zero-order valence-electron chi connectivity index (χ0n) is 13.0. The highest BCUT2D eigenvalue weighted by Crippen LogP contribution is 2.29. The van der Waals surface area contributed by atoms with Gasteiger partial charge in [0.15, 0.2) is 0 Å². The number of aromatic nitrogens is 1. The fraction of sp³-hybridized carbons (Fsp3) is 0.111. The summed E-state index contributed by atoms with van der Waals surface area (Å²) in [4.78, 5) is 16.9. The van der Waals surface area contributed by atoms with Gasteiger partial charge in [0.2, 0.25) is 5.91 Å². The summed E-state index contributed by atoms with van der Waals surface area (Å²) in [5.41, 5.74) is 4.72. The van der Waals surface area contributed by atoms with Crippen LogP contribution in [-0.4, -0.2) is 17.1 Å². The number of hydrazine groups is 1. The molecule has 0 aliphatic rings. The number of hydrogen-bond donors (Lipinski definition) is 1. The molecule has 23 heavy (non-hydrogen) atoms. The van der Waals surface area contributed by atoms with Crippen LogP contribution in [0.4, 0.5) is 11.4 Å². The fourth-order valence-corrected chi connectivity index (χ4v) is 2.85. The molecule has 1 heterocycles. The number of thioether (sulfide) groups is 1. The van der Waals surface area contributed by atoms with E-state index >= 15 is 0 Å². The second-order valence-electron chi connectivity index (χ2n) is 5.11. The third kappa shape index (κ3) is 3.46. The number of carbonyl (C=O) groups is 1. The summed E-state index contributed by atoms with van der Waals surface area (Å²) in [6.07, 6.45) is 5.63. The first kappa shape index (κ1) is 15.4. The van der Waals surface area contributed by atoms with E-state index in [4.69, 9.17) is 0 Å². The third-order valence-corrected chi connectivity index (χ3v) is 4.19. The number of nitrogens with zero attached hydrogens (tertiary/aromatic N) is 2. The van der Waals surface area contributed by atoms with Crippen LogP contribution >= 0.6 is 11.8 Å². The minimum atomic E-state index is -0.116. The Labute approximate surface area is 139 Å². The lowest BCUT2D eigenvalue weighted by Gasteiger charge is -2.25. The van der Waals surface area contributed by atoms with E-state index in [1.807, 2.05) is 59.9 Å². The van der Waals surface area contributed by atoms with E-state index in [9.17, 15) is 4.79 Å². The SMILES string of the molecule is CSc1cccc(N(NC(C)=O)c2ccc3cnccc3c2)c1. The minimum absolute atomic E-state index is 0.116. The van der Waals surface area contributed by atoms with E-state index in [1.165, 1.54) is 6.92 Å². The van der Waals surface area contributed by atoms with Crippen molar-refractivity contribution in [1.29, 1.82) is 0 Å². The predicted octanol–water partition coefficient (Wildman–Crippen LogP) is 4.15. The number of hydrogen-bond acceptors (Lipinski definition) is 4. The summed E-state index contributed by atoms with van der Waals surface area (Å²) in [5.74, 6) is -0.116. The van der Waals surface area contributed by atoms with E-state index in [2.05, 4.69) is 16.5 Å². The molecule has 0 aliphatic carbocycles. The lowest BCUT2D eigenvalue weighted by molar-refractivity contribution is -0.118. The molecule has 0 radical (unpaired) electrons. The third-order valence-electron chi connectivity index (χ3n) is 3.46. The molecule has 5 heteroatoms. The summed E-state index contributed by atoms with van der Waals surface area (Å²) in [5, 5.41) is 3.95. The molecular formula is C18H17N3OS. The normalized spacial score (nSPS) is 10.5. The standard InChI is InChI=1S/C18H17N3OS/c1-13(22)20-21(16-4-3-5-18(11-16)23-2)17-7-6-15-12-19-9-8-14(15)10-17/h3-12H,1-2H3,(H,20,22). The number of carbonyl (C=O) groups excluding carboxylic acids is 1. The van der Waals surface area contributed by atoms with Gasteiger partial charge in [-0.25, -0.2) is 0 Å². The number of benzene rings is 2. The van der Waals surface area contributed by atoms with Gasteiger partial charge in [-0.2, -0.15) is 0 Å². The molecule has 3 aromatic rings. The van der Waals surface area contributed by atoms with Gasteiger partial charge >= 0.3 is 0 Å². The lowest BCUT2D eigenvalue weighted by atomic mass is 10.1. The highest BCUT2D eigenvalue weighted by molar-refractivity contribution is 7.98. The van der Waals surface area contributed by atoms with Crippen molar-refractivity contribution in [3.8, 4) is 0 Å². The molecule has 1 aromatic heterocycles. The Morgan fingerprint density at radius 2 is 1.91 bits per heavy atom. The Bertz CT molecular complexity index is 850. The van der Waals surface area contributed by atoms with E-state index in [-0.39, 0.29) is 5.91 Å². The maximum absolute atomic E-state index is 11.7. The molecule has 2 aromatic carbocycles. The number of nitrogens with one attached hydrogen (secondary N) is 1. The number of rotatable bonds is 4. The average Bonchev–Trinajstić information content (AvgIpc) is 2.59. The zero-order chi connectivity index (χ0) is 16.2. The van der Waals surface area contributed by atoms with Crippen molar-refractivity contribution in [2.45, 2.75) is 11.8 Å². The second kappa shape index (κ2) is 6.71. The molecule has 1 amide bonds. The quantitative estimate of drug-likeness (QED) is 0.579. The first-order valence-corrected chi connectivity index (χ1v) is 8.45. The van der Waals surface area contributed by atoms with Gasteiger partial charge < -0.3 is 0 Å². The maximum Gasteiger partial charge on any atom is 0.235 e. The maximum atomic E-state index is 11.7. The molecule has 0 spiro atoms. The molecule has 0 unspecified atom stereocenters. The molecule has 4 nitrogen and oxygen atoms in total. The van der Waals surface area contributed by atoms with Gasteiger partial charge in [0.25, 0.3) is 0 Å². The van der Waals surface area contributed by atoms with Crippen LogP contribution in [0.5, 0.6) is 0 Å². The van der Waals surface area contributed by atoms with Gasteiger partial charge in [-0.1, -0.05) is 12.1 Å². The number of fused-ring (bicyclic) bond motifs is 1. The van der Waals surface area contributed by atoms with Crippen LogP contribution in [-0.2, 0) is 4.79 Å². The van der Waals surface area contributed by atoms with Crippen molar-refractivity contribution >= 4 is 39.8 Å². The Balaban J connectivity index is 2.07. The highest BCUT2D eigenvalue weighted by atomic mass is 32.2. The van der Waals surface area contributed by atoms with E-state index in [0.717, 1.165) is 27.0 Å². The van der Waals surface area contributed by atoms with E-state index in [1.54, 1.807) is 18.0 Å². The Kier molecular flexibility index (Phi) is 4.48. The number of pyridine rings is 1. The van der Waals surface area contributed by atoms with Crippen LogP contribution in [0.25, 0.3) is 10.8 Å². The topological polar surface area (TPSA) is 45.2 Å². The van der Waals surface area contributed by atoms with Crippen molar-refractivity contribution in [3.63, 3.8) is 0 Å². The first-order valence-electron chi connectivity index (χ1n) is 7.22. The van der Waals surface area contributed by atoms with Crippen LogP contribution in [0.1, 0.15) is 6.92 Å². The van der Waals surface area contributed by atoms with Gasteiger partial charge in [-0.15, -0.1) is 11.8 Å². The fourth-order valence-electron chi connectivity index (χ4n) is 2.40. The highest BCUT2D eigenvalue weighted by Gasteiger charge is 2.12. The van der Waals surface area contributed by atoms with Gasteiger partial charge in [-0.3, -0.25) is 20.2 Å². The van der Waals surface area contributed by atoms with Gasteiger partial charge in [0.1, 0.15) is 0 Å². The van der Waals surface area contributed by atoms with E-state index in [0.29, 0.717) is 0 Å². The van der Waals surface area contributed by atoms with Crippen molar-refractivity contribution in [2.24, 2.45) is 0 Å². The Morgan fingerprint density at radius 3 is 2.70 bits per heavy atom. The number of amides is 1. The first-order chi connectivity index (χ1) is 11.2. The molecular weight excluding hydrogens is 306 g/mol. The summed E-state index contributed by atoms with van der Waals surface area (Å²) in [6, 6.07) is 16.1. The molecule has 0 atom stereocenters. The smallest absolute Gasteiger partial charge is 0.235 e. The lowest BCUT2D eigenvalue weighted by Crippen LogP contribution is -2.37. The largest absolute Gasteiger partial charge is 0.274 e. The second-order valence-corrected chi connectivity index (χ2v) is 5.99. The molecule has 0 saturated heterocycles. The monoisotopic (exact) mass is 323 g/mol. The van der Waals surface area contributed by atoms with Crippen molar-refractivity contribution < 1.29 is 4.79 Å². The molecule has 3 rings (SSSR count). The minimum Gasteiger partial charge on any atom is -0.274 e. The van der Waals surface area contributed by atoms with E-state index < -0.39 is 0 Å². The van der Waals surface area contributed by atoms with Gasteiger partial charge in [0.05, 0.1) is 11.4 Å². The Morgan fingerprint density at radius 1 is 1.09 bits per heavy atom. The van der Waals surface area contributed by atoms with Crippen LogP contribution in [0.2, 0.25) is 0 Å². The Hall–Kier alpha value is -2.53. The average molecular weight is 323 g/mol. The summed E-state index contributed by atoms with van der Waals surface area (Å²) in [7, 11) is 0. The van der Waals surface area contributed by atoms with Crippen LogP contribution in [0.15, 0.2) is 65.8 Å². The van der Waals surface area contributed by atoms with Crippen LogP contribution in [0, 0.1) is 0 Å². The zero-order valence-corrected chi connectivity index (χ0v) is 13.8. The van der Waals surface area contributed by atoms with Crippen molar-refractivity contribution in [3.05, 3.63) is 60.9 Å². The van der Waals surface area contributed by atoms with Gasteiger partial charge in [-0.05, 0) is 48.0 Å².